The van der Waals surface area contributed by atoms with Crippen molar-refractivity contribution in [1.29, 1.82) is 0 Å². The number of hydrogen-bond acceptors (Lipinski definition) is 3. The first kappa shape index (κ1) is 14.3. The first-order chi connectivity index (χ1) is 6.74. The molecule has 0 saturated heterocycles. The maximum absolute atomic E-state index is 5.72. The Hall–Kier alpha value is 0.314. The quantitative estimate of drug-likeness (QED) is 0.563. The van der Waals surface area contributed by atoms with E-state index in [9.17, 15) is 0 Å². The molecule has 0 radical (unpaired) electrons. The molecular formula is C9H24O3Si2. The molecular weight excluding hydrogens is 212 g/mol. The third-order valence-electron chi connectivity index (χ3n) is 1.93. The Bertz CT molecular complexity index is 116. The van der Waals surface area contributed by atoms with Gasteiger partial charge in [0.2, 0.25) is 0 Å². The van der Waals surface area contributed by atoms with Gasteiger partial charge in [-0.3, -0.25) is 0 Å². The van der Waals surface area contributed by atoms with Crippen molar-refractivity contribution in [1.82, 2.24) is 0 Å². The van der Waals surface area contributed by atoms with E-state index in [1.54, 1.807) is 0 Å². The lowest BCUT2D eigenvalue weighted by Gasteiger charge is -2.28. The molecule has 0 aromatic heterocycles. The van der Waals surface area contributed by atoms with E-state index in [0.29, 0.717) is 19.8 Å². The third-order valence-corrected chi connectivity index (χ3v) is 5.79. The predicted octanol–water partition coefficient (Wildman–Crippen LogP) is 1.21. The van der Waals surface area contributed by atoms with Crippen molar-refractivity contribution in [3.8, 4) is 0 Å². The summed E-state index contributed by atoms with van der Waals surface area (Å²) in [5.74, 6) is 0. The molecule has 0 amide bonds. The second-order valence-corrected chi connectivity index (χ2v) is 6.82. The van der Waals surface area contributed by atoms with Crippen molar-refractivity contribution < 1.29 is 13.3 Å². The summed E-state index contributed by atoms with van der Waals surface area (Å²) < 4.78 is 17.2. The molecule has 3 nitrogen and oxygen atoms in total. The van der Waals surface area contributed by atoms with Crippen molar-refractivity contribution in [3.05, 3.63) is 0 Å². The molecule has 0 bridgehead atoms. The van der Waals surface area contributed by atoms with Crippen molar-refractivity contribution >= 4 is 19.0 Å². The highest BCUT2D eigenvalue weighted by Crippen LogP contribution is 2.18. The first-order valence-corrected chi connectivity index (χ1v) is 9.01. The van der Waals surface area contributed by atoms with Crippen LogP contribution in [0.15, 0.2) is 0 Å². The Labute approximate surface area is 91.9 Å². The van der Waals surface area contributed by atoms with Gasteiger partial charge in [0.15, 0.2) is 0 Å². The summed E-state index contributed by atoms with van der Waals surface area (Å²) in [6, 6.07) is 2.27. The summed E-state index contributed by atoms with van der Waals surface area (Å²) >= 11 is 0. The molecule has 0 aliphatic rings. The second-order valence-electron chi connectivity index (χ2n) is 3.09. The standard InChI is InChI=1S/C9H24O3Si2/c1-4-10-14(11-5-2,12-6-3)9-7-8-13/h4-9H2,1-3,13H3. The van der Waals surface area contributed by atoms with Gasteiger partial charge in [0.25, 0.3) is 0 Å². The summed E-state index contributed by atoms with van der Waals surface area (Å²) in [6.07, 6.45) is 1.18. The van der Waals surface area contributed by atoms with Crippen LogP contribution in [-0.4, -0.2) is 38.9 Å². The number of hydrogen-bond donors (Lipinski definition) is 0. The van der Waals surface area contributed by atoms with Gasteiger partial charge in [-0.25, -0.2) is 0 Å². The normalized spacial score (nSPS) is 12.2. The monoisotopic (exact) mass is 236 g/mol. The fourth-order valence-electron chi connectivity index (χ4n) is 1.39. The molecule has 86 valence electrons. The average Bonchev–Trinajstić information content (AvgIpc) is 2.16. The lowest BCUT2D eigenvalue weighted by atomic mass is 10.6. The van der Waals surface area contributed by atoms with Crippen LogP contribution in [0.25, 0.3) is 0 Å². The highest BCUT2D eigenvalue weighted by atomic mass is 28.4. The highest BCUT2D eigenvalue weighted by molar-refractivity contribution is 6.60. The second kappa shape index (κ2) is 8.61. The van der Waals surface area contributed by atoms with Gasteiger partial charge in [-0.1, -0.05) is 12.5 Å². The zero-order valence-corrected chi connectivity index (χ0v) is 13.0. The summed E-state index contributed by atoms with van der Waals surface area (Å²) in [5, 5.41) is 0. The van der Waals surface area contributed by atoms with Gasteiger partial charge in [-0.15, -0.1) is 0 Å². The Morgan fingerprint density at radius 2 is 1.36 bits per heavy atom. The van der Waals surface area contributed by atoms with Gasteiger partial charge in [-0.05, 0) is 20.8 Å². The summed E-state index contributed by atoms with van der Waals surface area (Å²) in [6.45, 7) is 8.07. The van der Waals surface area contributed by atoms with Crippen LogP contribution in [0.2, 0.25) is 12.1 Å². The van der Waals surface area contributed by atoms with Gasteiger partial charge in [0.1, 0.15) is 0 Å². The van der Waals surface area contributed by atoms with Gasteiger partial charge >= 0.3 is 8.80 Å². The van der Waals surface area contributed by atoms with Crippen LogP contribution in [0.5, 0.6) is 0 Å². The molecule has 0 spiro atoms. The largest absolute Gasteiger partial charge is 0.500 e. The van der Waals surface area contributed by atoms with E-state index in [4.69, 9.17) is 13.3 Å². The zero-order valence-electron chi connectivity index (χ0n) is 9.97. The van der Waals surface area contributed by atoms with Gasteiger partial charge in [0.05, 0.1) is 0 Å². The van der Waals surface area contributed by atoms with Crippen LogP contribution in [0.3, 0.4) is 0 Å². The Balaban J connectivity index is 4.21. The molecule has 0 N–H and O–H groups in total. The zero-order chi connectivity index (χ0) is 10.9. The maximum Gasteiger partial charge on any atom is 0.500 e. The first-order valence-electron chi connectivity index (χ1n) is 5.66. The van der Waals surface area contributed by atoms with Crippen molar-refractivity contribution in [2.75, 3.05) is 19.8 Å². The van der Waals surface area contributed by atoms with Crippen molar-refractivity contribution in [3.63, 3.8) is 0 Å². The van der Waals surface area contributed by atoms with E-state index in [2.05, 4.69) is 0 Å². The Kier molecular flexibility index (Phi) is 8.80. The topological polar surface area (TPSA) is 27.7 Å². The summed E-state index contributed by atoms with van der Waals surface area (Å²) in [4.78, 5) is 0. The SMILES string of the molecule is CCO[Si](CCC[SiH3])(OCC)OCC. The molecule has 0 aliphatic heterocycles. The highest BCUT2D eigenvalue weighted by Gasteiger charge is 2.39. The predicted molar refractivity (Wildman–Crippen MR) is 64.8 cm³/mol. The molecule has 0 rings (SSSR count). The molecule has 0 unspecified atom stereocenters. The molecule has 0 heterocycles. The third kappa shape index (κ3) is 5.26. The van der Waals surface area contributed by atoms with Crippen LogP contribution in [0.1, 0.15) is 27.2 Å². The van der Waals surface area contributed by atoms with Crippen LogP contribution in [0.4, 0.5) is 0 Å². The van der Waals surface area contributed by atoms with E-state index >= 15 is 0 Å². The van der Waals surface area contributed by atoms with Crippen LogP contribution < -0.4 is 0 Å². The van der Waals surface area contributed by atoms with Gasteiger partial charge in [-0.2, -0.15) is 0 Å². The molecule has 5 heteroatoms. The Morgan fingerprint density at radius 3 is 1.64 bits per heavy atom. The van der Waals surface area contributed by atoms with Crippen LogP contribution in [-0.2, 0) is 13.3 Å². The smallest absolute Gasteiger partial charge is 0.374 e. The lowest BCUT2D eigenvalue weighted by molar-refractivity contribution is 0.0712. The van der Waals surface area contributed by atoms with Crippen LogP contribution in [0, 0.1) is 0 Å². The van der Waals surface area contributed by atoms with Crippen LogP contribution >= 0.6 is 0 Å². The maximum atomic E-state index is 5.72. The van der Waals surface area contributed by atoms with E-state index in [0.717, 1.165) is 6.04 Å². The van der Waals surface area contributed by atoms with E-state index < -0.39 is 8.80 Å². The van der Waals surface area contributed by atoms with Gasteiger partial charge < -0.3 is 13.3 Å². The summed E-state index contributed by atoms with van der Waals surface area (Å²) in [7, 11) is -1.04. The van der Waals surface area contributed by atoms with E-state index in [1.165, 1.54) is 22.7 Å². The minimum Gasteiger partial charge on any atom is -0.374 e. The lowest BCUT2D eigenvalue weighted by Crippen LogP contribution is -2.45. The van der Waals surface area contributed by atoms with Crippen molar-refractivity contribution in [2.24, 2.45) is 0 Å². The molecule has 0 aromatic carbocycles. The fourth-order valence-corrected chi connectivity index (χ4v) is 5.24. The Morgan fingerprint density at radius 1 is 0.929 bits per heavy atom. The van der Waals surface area contributed by atoms with E-state index in [1.807, 2.05) is 20.8 Å². The minimum absolute atomic E-state index is 0.688. The molecule has 0 aromatic rings. The molecule has 0 aliphatic carbocycles. The molecule has 0 fully saturated rings. The number of rotatable bonds is 9. The summed E-state index contributed by atoms with van der Waals surface area (Å²) in [5.41, 5.74) is 0. The van der Waals surface area contributed by atoms with Crippen molar-refractivity contribution in [2.45, 2.75) is 39.3 Å². The molecule has 14 heavy (non-hydrogen) atoms. The van der Waals surface area contributed by atoms with Gasteiger partial charge in [0, 0.05) is 36.1 Å². The average molecular weight is 236 g/mol. The molecule has 0 atom stereocenters. The fraction of sp³-hybridized carbons (Fsp3) is 1.00. The minimum atomic E-state index is -2.29. The molecule has 0 saturated carbocycles. The van der Waals surface area contributed by atoms with E-state index in [-0.39, 0.29) is 0 Å².